The Morgan fingerprint density at radius 3 is 2.56 bits per heavy atom. The molecule has 0 aromatic rings. The molecule has 0 aromatic carbocycles. The molecular weight excluding hydrogens is 198 g/mol. The van der Waals surface area contributed by atoms with Crippen LogP contribution in [0.25, 0.3) is 0 Å². The summed E-state index contributed by atoms with van der Waals surface area (Å²) >= 11 is 0. The Bertz CT molecular complexity index is 185. The number of hydrogen-bond donors (Lipinski definition) is 1. The monoisotopic (exact) mass is 225 g/mol. The van der Waals surface area contributed by atoms with Gasteiger partial charge in [-0.3, -0.25) is 4.79 Å². The first-order chi connectivity index (χ1) is 7.84. The summed E-state index contributed by atoms with van der Waals surface area (Å²) in [7, 11) is 0. The van der Waals surface area contributed by atoms with Crippen LogP contribution < -0.4 is 5.32 Å². The SMILES string of the molecule is CCCCCCCCC(=O)C1CCCCN1. The lowest BCUT2D eigenvalue weighted by Gasteiger charge is -2.22. The molecule has 16 heavy (non-hydrogen) atoms. The van der Waals surface area contributed by atoms with E-state index in [4.69, 9.17) is 0 Å². The Morgan fingerprint density at radius 2 is 1.88 bits per heavy atom. The number of nitrogens with one attached hydrogen (secondary N) is 1. The number of Topliss-reactive ketones (excluding diaryl/α,β-unsaturated/α-hetero) is 1. The molecule has 2 nitrogen and oxygen atoms in total. The smallest absolute Gasteiger partial charge is 0.149 e. The zero-order valence-electron chi connectivity index (χ0n) is 10.8. The molecule has 1 rings (SSSR count). The van der Waals surface area contributed by atoms with Crippen molar-refractivity contribution in [2.75, 3.05) is 6.54 Å². The number of unbranched alkanes of at least 4 members (excludes halogenated alkanes) is 5. The van der Waals surface area contributed by atoms with Crippen molar-refractivity contribution in [3.63, 3.8) is 0 Å². The van der Waals surface area contributed by atoms with E-state index in [1.54, 1.807) is 0 Å². The van der Waals surface area contributed by atoms with Crippen molar-refractivity contribution < 1.29 is 4.79 Å². The average molecular weight is 225 g/mol. The molecule has 1 atom stereocenters. The van der Waals surface area contributed by atoms with E-state index in [0.717, 1.165) is 25.8 Å². The van der Waals surface area contributed by atoms with Gasteiger partial charge in [0.2, 0.25) is 0 Å². The highest BCUT2D eigenvalue weighted by atomic mass is 16.1. The topological polar surface area (TPSA) is 29.1 Å². The zero-order chi connectivity index (χ0) is 11.6. The fourth-order valence-corrected chi connectivity index (χ4v) is 2.38. The van der Waals surface area contributed by atoms with Gasteiger partial charge in [0.15, 0.2) is 0 Å². The Kier molecular flexibility index (Phi) is 7.48. The molecule has 0 saturated carbocycles. The summed E-state index contributed by atoms with van der Waals surface area (Å²) in [4.78, 5) is 11.8. The molecule has 1 fully saturated rings. The van der Waals surface area contributed by atoms with Crippen molar-refractivity contribution in [3.05, 3.63) is 0 Å². The van der Waals surface area contributed by atoms with E-state index in [9.17, 15) is 4.79 Å². The van der Waals surface area contributed by atoms with Crippen LogP contribution in [-0.2, 0) is 4.79 Å². The Balaban J connectivity index is 1.97. The Morgan fingerprint density at radius 1 is 1.12 bits per heavy atom. The molecule has 1 aliphatic rings. The van der Waals surface area contributed by atoms with Crippen LogP contribution in [0.3, 0.4) is 0 Å². The number of carbonyl (C=O) groups excluding carboxylic acids is 1. The molecule has 0 aliphatic carbocycles. The van der Waals surface area contributed by atoms with Crippen LogP contribution in [-0.4, -0.2) is 18.4 Å². The van der Waals surface area contributed by atoms with E-state index in [-0.39, 0.29) is 6.04 Å². The van der Waals surface area contributed by atoms with E-state index in [0.29, 0.717) is 5.78 Å². The van der Waals surface area contributed by atoms with Crippen molar-refractivity contribution in [2.45, 2.75) is 77.2 Å². The van der Waals surface area contributed by atoms with Crippen LogP contribution in [0.2, 0.25) is 0 Å². The fraction of sp³-hybridized carbons (Fsp3) is 0.929. The minimum absolute atomic E-state index is 0.185. The van der Waals surface area contributed by atoms with Gasteiger partial charge in [0.05, 0.1) is 6.04 Å². The van der Waals surface area contributed by atoms with E-state index in [1.165, 1.54) is 44.9 Å². The van der Waals surface area contributed by atoms with Crippen LogP contribution in [0, 0.1) is 0 Å². The summed E-state index contributed by atoms with van der Waals surface area (Å²) in [6.07, 6.45) is 11.9. The van der Waals surface area contributed by atoms with Crippen molar-refractivity contribution in [2.24, 2.45) is 0 Å². The van der Waals surface area contributed by atoms with Crippen molar-refractivity contribution in [1.82, 2.24) is 5.32 Å². The number of carbonyl (C=O) groups is 1. The molecule has 1 saturated heterocycles. The van der Waals surface area contributed by atoms with Gasteiger partial charge in [0.25, 0.3) is 0 Å². The van der Waals surface area contributed by atoms with Crippen molar-refractivity contribution >= 4 is 5.78 Å². The second-order valence-corrected chi connectivity index (χ2v) is 4.99. The number of rotatable bonds is 8. The lowest BCUT2D eigenvalue weighted by atomic mass is 9.97. The molecular formula is C14H27NO. The van der Waals surface area contributed by atoms with Crippen LogP contribution in [0.15, 0.2) is 0 Å². The second-order valence-electron chi connectivity index (χ2n) is 4.99. The third-order valence-electron chi connectivity index (χ3n) is 3.48. The first-order valence-electron chi connectivity index (χ1n) is 7.10. The van der Waals surface area contributed by atoms with Gasteiger partial charge < -0.3 is 5.32 Å². The maximum absolute atomic E-state index is 11.8. The van der Waals surface area contributed by atoms with Gasteiger partial charge >= 0.3 is 0 Å². The maximum atomic E-state index is 11.8. The summed E-state index contributed by atoms with van der Waals surface area (Å²) in [5.41, 5.74) is 0. The number of ketones is 1. The maximum Gasteiger partial charge on any atom is 0.149 e. The molecule has 0 bridgehead atoms. The Labute approximate surface area is 100 Å². The molecule has 94 valence electrons. The number of piperidine rings is 1. The van der Waals surface area contributed by atoms with Crippen LogP contribution in [0.1, 0.15) is 71.1 Å². The van der Waals surface area contributed by atoms with E-state index >= 15 is 0 Å². The predicted molar refractivity (Wildman–Crippen MR) is 68.6 cm³/mol. The highest BCUT2D eigenvalue weighted by Gasteiger charge is 2.19. The second kappa shape index (κ2) is 8.74. The molecule has 1 aliphatic heterocycles. The minimum Gasteiger partial charge on any atom is -0.307 e. The van der Waals surface area contributed by atoms with Crippen LogP contribution in [0.4, 0.5) is 0 Å². The molecule has 0 spiro atoms. The van der Waals surface area contributed by atoms with E-state index in [2.05, 4.69) is 12.2 Å². The van der Waals surface area contributed by atoms with Crippen molar-refractivity contribution in [1.29, 1.82) is 0 Å². The molecule has 0 radical (unpaired) electrons. The summed E-state index contributed by atoms with van der Waals surface area (Å²) in [6.45, 7) is 3.27. The van der Waals surface area contributed by atoms with Gasteiger partial charge in [-0.05, 0) is 25.8 Å². The summed E-state index contributed by atoms with van der Waals surface area (Å²) < 4.78 is 0. The summed E-state index contributed by atoms with van der Waals surface area (Å²) in [6, 6.07) is 0.185. The quantitative estimate of drug-likeness (QED) is 0.641. The van der Waals surface area contributed by atoms with Crippen LogP contribution >= 0.6 is 0 Å². The zero-order valence-corrected chi connectivity index (χ0v) is 10.8. The third-order valence-corrected chi connectivity index (χ3v) is 3.48. The average Bonchev–Trinajstić information content (AvgIpc) is 2.34. The normalized spacial score (nSPS) is 20.9. The number of hydrogen-bond acceptors (Lipinski definition) is 2. The molecule has 1 unspecified atom stereocenters. The first kappa shape index (κ1) is 13.7. The molecule has 1 heterocycles. The van der Waals surface area contributed by atoms with E-state index < -0.39 is 0 Å². The molecule has 0 aromatic heterocycles. The predicted octanol–water partition coefficient (Wildman–Crippen LogP) is 3.45. The Hall–Kier alpha value is -0.370. The fourth-order valence-electron chi connectivity index (χ4n) is 2.38. The van der Waals surface area contributed by atoms with Crippen LogP contribution in [0.5, 0.6) is 0 Å². The van der Waals surface area contributed by atoms with Gasteiger partial charge in [0, 0.05) is 6.42 Å². The third kappa shape index (κ3) is 5.64. The molecule has 1 N–H and O–H groups in total. The van der Waals surface area contributed by atoms with Gasteiger partial charge in [-0.2, -0.15) is 0 Å². The summed E-state index contributed by atoms with van der Waals surface area (Å²) in [5, 5.41) is 3.33. The highest BCUT2D eigenvalue weighted by molar-refractivity contribution is 5.84. The lowest BCUT2D eigenvalue weighted by Crippen LogP contribution is -2.40. The van der Waals surface area contributed by atoms with Gasteiger partial charge in [-0.15, -0.1) is 0 Å². The van der Waals surface area contributed by atoms with E-state index in [1.807, 2.05) is 0 Å². The highest BCUT2D eigenvalue weighted by Crippen LogP contribution is 2.12. The summed E-state index contributed by atoms with van der Waals surface area (Å²) in [5.74, 6) is 0.454. The lowest BCUT2D eigenvalue weighted by molar-refractivity contribution is -0.121. The van der Waals surface area contributed by atoms with Gasteiger partial charge in [-0.1, -0.05) is 45.4 Å². The largest absolute Gasteiger partial charge is 0.307 e. The molecule has 2 heteroatoms. The van der Waals surface area contributed by atoms with Gasteiger partial charge in [-0.25, -0.2) is 0 Å². The minimum atomic E-state index is 0.185. The standard InChI is InChI=1S/C14H27NO/c1-2-3-4-5-6-7-11-14(16)13-10-8-9-12-15-13/h13,15H,2-12H2,1H3. The van der Waals surface area contributed by atoms with Crippen molar-refractivity contribution in [3.8, 4) is 0 Å². The molecule has 0 amide bonds. The first-order valence-corrected chi connectivity index (χ1v) is 7.10. The van der Waals surface area contributed by atoms with Gasteiger partial charge in [0.1, 0.15) is 5.78 Å².